The van der Waals surface area contributed by atoms with E-state index in [1.165, 1.54) is 4.90 Å². The molecule has 0 spiro atoms. The smallest absolute Gasteiger partial charge is 0.340 e. The minimum absolute atomic E-state index is 0.0423. The zero-order valence-corrected chi connectivity index (χ0v) is 11.1. The Bertz CT molecular complexity index is 375. The number of rotatable bonds is 3. The van der Waals surface area contributed by atoms with Crippen molar-refractivity contribution in [2.45, 2.75) is 30.8 Å². The average Bonchev–Trinajstić information content (AvgIpc) is 2.76. The van der Waals surface area contributed by atoms with Gasteiger partial charge < -0.3 is 9.80 Å². The second-order valence-corrected chi connectivity index (χ2v) is 5.77. The molecule has 2 aliphatic heterocycles. The third kappa shape index (κ3) is 3.55. The van der Waals surface area contributed by atoms with Gasteiger partial charge in [-0.1, -0.05) is 0 Å². The molecule has 0 aliphatic carbocycles. The zero-order chi connectivity index (χ0) is 14.0. The Hall–Kier alpha value is -0.920. The quantitative estimate of drug-likeness (QED) is 0.792. The SMILES string of the molecule is O=C1C2CCCN2C(=O)CCN1CCSC(F)(F)F. The largest absolute Gasteiger partial charge is 0.441 e. The van der Waals surface area contributed by atoms with Crippen molar-refractivity contribution >= 4 is 23.6 Å². The number of hydrogen-bond acceptors (Lipinski definition) is 3. The monoisotopic (exact) mass is 296 g/mol. The van der Waals surface area contributed by atoms with Crippen molar-refractivity contribution in [2.75, 3.05) is 25.4 Å². The first-order valence-corrected chi connectivity index (χ1v) is 7.16. The predicted octanol–water partition coefficient (Wildman–Crippen LogP) is 1.46. The lowest BCUT2D eigenvalue weighted by Gasteiger charge is -2.25. The third-order valence-electron chi connectivity index (χ3n) is 3.39. The average molecular weight is 296 g/mol. The molecule has 0 aromatic carbocycles. The molecule has 0 saturated carbocycles. The highest BCUT2D eigenvalue weighted by Gasteiger charge is 2.39. The first-order valence-electron chi connectivity index (χ1n) is 6.17. The highest BCUT2D eigenvalue weighted by molar-refractivity contribution is 8.00. The molecule has 2 aliphatic rings. The number of alkyl halides is 3. The van der Waals surface area contributed by atoms with Gasteiger partial charge in [0.15, 0.2) is 0 Å². The fourth-order valence-electron chi connectivity index (χ4n) is 2.51. The maximum atomic E-state index is 12.2. The van der Waals surface area contributed by atoms with Crippen molar-refractivity contribution in [1.29, 1.82) is 0 Å². The molecule has 2 saturated heterocycles. The normalized spacial score (nSPS) is 24.7. The molecule has 4 nitrogen and oxygen atoms in total. The van der Waals surface area contributed by atoms with Crippen LogP contribution in [0.15, 0.2) is 0 Å². The standard InChI is InChI=1S/C11H15F3N2O2S/c12-11(13,14)19-7-6-15-5-3-9(17)16-4-1-2-8(16)10(15)18/h8H,1-7H2. The van der Waals surface area contributed by atoms with Crippen LogP contribution in [0, 0.1) is 0 Å². The number of fused-ring (bicyclic) bond motifs is 1. The van der Waals surface area contributed by atoms with Gasteiger partial charge in [-0.3, -0.25) is 9.59 Å². The maximum absolute atomic E-state index is 12.2. The Morgan fingerprint density at radius 2 is 2.00 bits per heavy atom. The summed E-state index contributed by atoms with van der Waals surface area (Å²) in [4.78, 5) is 26.9. The summed E-state index contributed by atoms with van der Waals surface area (Å²) in [5, 5.41) is 0. The molecule has 19 heavy (non-hydrogen) atoms. The summed E-state index contributed by atoms with van der Waals surface area (Å²) >= 11 is -0.130. The van der Waals surface area contributed by atoms with Gasteiger partial charge in [-0.2, -0.15) is 13.2 Å². The van der Waals surface area contributed by atoms with Crippen molar-refractivity contribution < 1.29 is 22.8 Å². The van der Waals surface area contributed by atoms with E-state index in [1.54, 1.807) is 4.90 Å². The summed E-state index contributed by atoms with van der Waals surface area (Å²) in [6.45, 7) is 0.851. The lowest BCUT2D eigenvalue weighted by Crippen LogP contribution is -2.44. The van der Waals surface area contributed by atoms with E-state index in [9.17, 15) is 22.8 Å². The molecule has 2 rings (SSSR count). The van der Waals surface area contributed by atoms with Crippen LogP contribution in [0.25, 0.3) is 0 Å². The number of carbonyl (C=O) groups excluding carboxylic acids is 2. The maximum Gasteiger partial charge on any atom is 0.441 e. The summed E-state index contributed by atoms with van der Waals surface area (Å²) in [5.41, 5.74) is -4.27. The van der Waals surface area contributed by atoms with Crippen molar-refractivity contribution in [3.63, 3.8) is 0 Å². The number of carbonyl (C=O) groups is 2. The Morgan fingerprint density at radius 3 is 2.68 bits per heavy atom. The van der Waals surface area contributed by atoms with Gasteiger partial charge in [0.25, 0.3) is 0 Å². The molecular formula is C11H15F3N2O2S. The van der Waals surface area contributed by atoms with Crippen LogP contribution < -0.4 is 0 Å². The van der Waals surface area contributed by atoms with Gasteiger partial charge in [0, 0.05) is 31.8 Å². The molecule has 0 N–H and O–H groups in total. The summed E-state index contributed by atoms with van der Waals surface area (Å²) < 4.78 is 36.2. The van der Waals surface area contributed by atoms with Crippen LogP contribution in [-0.4, -0.2) is 58.6 Å². The van der Waals surface area contributed by atoms with Gasteiger partial charge in [0.05, 0.1) is 0 Å². The van der Waals surface area contributed by atoms with E-state index in [0.29, 0.717) is 13.0 Å². The third-order valence-corrected chi connectivity index (χ3v) is 4.11. The fraction of sp³-hybridized carbons (Fsp3) is 0.818. The molecule has 108 valence electrons. The number of hydrogen-bond donors (Lipinski definition) is 0. The molecule has 0 aromatic heterocycles. The summed E-state index contributed by atoms with van der Waals surface area (Å²) in [6, 6.07) is -0.453. The molecule has 0 aromatic rings. The molecule has 2 heterocycles. The Labute approximate surface area is 113 Å². The molecule has 2 amide bonds. The lowest BCUT2D eigenvalue weighted by molar-refractivity contribution is -0.139. The first-order chi connectivity index (χ1) is 8.88. The van der Waals surface area contributed by atoms with E-state index >= 15 is 0 Å². The van der Waals surface area contributed by atoms with Crippen LogP contribution in [0.2, 0.25) is 0 Å². The van der Waals surface area contributed by atoms with Crippen molar-refractivity contribution in [3.05, 3.63) is 0 Å². The first kappa shape index (κ1) is 14.5. The summed E-state index contributed by atoms with van der Waals surface area (Å²) in [7, 11) is 0. The minimum atomic E-state index is -4.27. The van der Waals surface area contributed by atoms with E-state index in [0.717, 1.165) is 6.42 Å². The van der Waals surface area contributed by atoms with Gasteiger partial charge in [-0.25, -0.2) is 0 Å². The second-order valence-electron chi connectivity index (χ2n) is 4.61. The molecule has 1 atom stereocenters. The Morgan fingerprint density at radius 1 is 1.26 bits per heavy atom. The topological polar surface area (TPSA) is 40.6 Å². The number of halogens is 3. The molecular weight excluding hydrogens is 281 g/mol. The molecule has 1 unspecified atom stereocenters. The lowest BCUT2D eigenvalue weighted by atomic mass is 10.2. The van der Waals surface area contributed by atoms with Gasteiger partial charge in [0.2, 0.25) is 11.8 Å². The molecule has 0 radical (unpaired) electrons. The number of amides is 2. The summed E-state index contributed by atoms with van der Waals surface area (Å²) in [5.74, 6) is -0.455. The van der Waals surface area contributed by atoms with E-state index in [-0.39, 0.29) is 48.8 Å². The summed E-state index contributed by atoms with van der Waals surface area (Å²) in [6.07, 6.45) is 1.61. The predicted molar refractivity (Wildman–Crippen MR) is 64.4 cm³/mol. The number of nitrogens with zero attached hydrogens (tertiary/aromatic N) is 2. The van der Waals surface area contributed by atoms with Crippen LogP contribution in [-0.2, 0) is 9.59 Å². The van der Waals surface area contributed by atoms with E-state index in [2.05, 4.69) is 0 Å². The second kappa shape index (κ2) is 5.60. The molecule has 0 bridgehead atoms. The van der Waals surface area contributed by atoms with Crippen molar-refractivity contribution in [3.8, 4) is 0 Å². The van der Waals surface area contributed by atoms with Crippen LogP contribution in [0.5, 0.6) is 0 Å². The van der Waals surface area contributed by atoms with Crippen molar-refractivity contribution in [1.82, 2.24) is 9.80 Å². The van der Waals surface area contributed by atoms with Gasteiger partial charge in [-0.05, 0) is 24.6 Å². The molecule has 2 fully saturated rings. The zero-order valence-electron chi connectivity index (χ0n) is 10.3. The Kier molecular flexibility index (Phi) is 4.27. The number of thioether (sulfide) groups is 1. The van der Waals surface area contributed by atoms with E-state index < -0.39 is 11.6 Å². The van der Waals surface area contributed by atoms with Crippen LogP contribution >= 0.6 is 11.8 Å². The van der Waals surface area contributed by atoms with Crippen LogP contribution in [0.4, 0.5) is 13.2 Å². The van der Waals surface area contributed by atoms with Crippen LogP contribution in [0.1, 0.15) is 19.3 Å². The Balaban J connectivity index is 1.94. The highest BCUT2D eigenvalue weighted by atomic mass is 32.2. The van der Waals surface area contributed by atoms with E-state index in [4.69, 9.17) is 0 Å². The minimum Gasteiger partial charge on any atom is -0.340 e. The highest BCUT2D eigenvalue weighted by Crippen LogP contribution is 2.30. The van der Waals surface area contributed by atoms with E-state index in [1.807, 2.05) is 0 Å². The van der Waals surface area contributed by atoms with Gasteiger partial charge >= 0.3 is 5.51 Å². The molecule has 8 heteroatoms. The van der Waals surface area contributed by atoms with Gasteiger partial charge in [0.1, 0.15) is 6.04 Å². The van der Waals surface area contributed by atoms with Crippen LogP contribution in [0.3, 0.4) is 0 Å². The van der Waals surface area contributed by atoms with Crippen molar-refractivity contribution in [2.24, 2.45) is 0 Å². The van der Waals surface area contributed by atoms with Gasteiger partial charge in [-0.15, -0.1) is 0 Å². The fourth-order valence-corrected chi connectivity index (χ4v) is 3.05.